The maximum Gasteiger partial charge on any atom is 0.232 e. The first-order valence-electron chi connectivity index (χ1n) is 11.2. The monoisotopic (exact) mass is 372 g/mol. The van der Waals surface area contributed by atoms with Crippen LogP contribution in [0.15, 0.2) is 0 Å². The number of piperidine rings is 3. The van der Waals surface area contributed by atoms with Crippen LogP contribution in [0, 0.1) is 0 Å². The Morgan fingerprint density at radius 2 is 0.815 bits per heavy atom. The summed E-state index contributed by atoms with van der Waals surface area (Å²) in [5, 5.41) is 0. The highest BCUT2D eigenvalue weighted by molar-refractivity contribution is 5.48. The number of hydrogen-bond acceptors (Lipinski definition) is 6. The summed E-state index contributed by atoms with van der Waals surface area (Å²) in [4.78, 5) is 22.3. The van der Waals surface area contributed by atoms with E-state index >= 15 is 0 Å². The molecule has 1 aromatic rings. The first-order valence-corrected chi connectivity index (χ1v) is 11.2. The van der Waals surface area contributed by atoms with Crippen molar-refractivity contribution in [3.8, 4) is 0 Å². The highest BCUT2D eigenvalue weighted by Gasteiger charge is 2.29. The van der Waals surface area contributed by atoms with E-state index in [0.29, 0.717) is 18.1 Å². The zero-order valence-corrected chi connectivity index (χ0v) is 17.4. The smallest absolute Gasteiger partial charge is 0.232 e. The first-order chi connectivity index (χ1) is 13.1. The fourth-order valence-electron chi connectivity index (χ4n) is 4.91. The molecular weight excluding hydrogens is 336 g/mol. The van der Waals surface area contributed by atoms with Crippen LogP contribution >= 0.6 is 0 Å². The molecule has 0 unspecified atom stereocenters. The van der Waals surface area contributed by atoms with Crippen molar-refractivity contribution >= 4 is 17.8 Å². The molecule has 6 nitrogen and oxygen atoms in total. The molecule has 4 heterocycles. The van der Waals surface area contributed by atoms with Gasteiger partial charge in [0.1, 0.15) is 0 Å². The van der Waals surface area contributed by atoms with Crippen LogP contribution in [-0.2, 0) is 0 Å². The van der Waals surface area contributed by atoms with Crippen LogP contribution in [0.2, 0.25) is 0 Å². The van der Waals surface area contributed by atoms with Crippen molar-refractivity contribution in [3.63, 3.8) is 0 Å². The van der Waals surface area contributed by atoms with Gasteiger partial charge >= 0.3 is 0 Å². The Balaban J connectivity index is 1.71. The van der Waals surface area contributed by atoms with E-state index in [4.69, 9.17) is 15.0 Å². The van der Waals surface area contributed by atoms with E-state index in [1.54, 1.807) is 0 Å². The molecule has 0 bridgehead atoms. The van der Waals surface area contributed by atoms with Crippen LogP contribution in [0.1, 0.15) is 78.6 Å². The Labute approximate surface area is 164 Å². The number of anilines is 3. The van der Waals surface area contributed by atoms with Crippen LogP contribution in [0.5, 0.6) is 0 Å². The van der Waals surface area contributed by atoms with Crippen molar-refractivity contribution < 1.29 is 0 Å². The summed E-state index contributed by atoms with van der Waals surface area (Å²) >= 11 is 0. The molecule has 0 saturated carbocycles. The zero-order chi connectivity index (χ0) is 18.8. The van der Waals surface area contributed by atoms with Gasteiger partial charge in [-0.05, 0) is 78.6 Å². The molecule has 27 heavy (non-hydrogen) atoms. The number of rotatable bonds is 3. The minimum absolute atomic E-state index is 0.513. The minimum atomic E-state index is 0.513. The second-order valence-corrected chi connectivity index (χ2v) is 8.85. The van der Waals surface area contributed by atoms with E-state index in [2.05, 4.69) is 35.5 Å². The fourth-order valence-corrected chi connectivity index (χ4v) is 4.91. The molecule has 0 aliphatic carbocycles. The molecule has 150 valence electrons. The zero-order valence-electron chi connectivity index (χ0n) is 17.4. The maximum atomic E-state index is 5.00. The predicted molar refractivity (Wildman–Crippen MR) is 112 cm³/mol. The molecule has 3 aliphatic rings. The van der Waals surface area contributed by atoms with Gasteiger partial charge in [0.05, 0.1) is 0 Å². The summed E-state index contributed by atoms with van der Waals surface area (Å²) in [6.45, 7) is 10.1. The van der Waals surface area contributed by atoms with Gasteiger partial charge in [-0.1, -0.05) is 0 Å². The standard InChI is InChI=1S/C21H36N6/c1-16-10-4-7-13-25(16)19-22-20(26-14-8-5-11-17(26)2)24-21(23-19)27-15-9-6-12-18(27)3/h16-18H,4-15H2,1-3H3/t16-,17-,18-/m1/s1. The third-order valence-electron chi connectivity index (χ3n) is 6.78. The average Bonchev–Trinajstić information content (AvgIpc) is 2.69. The van der Waals surface area contributed by atoms with Gasteiger partial charge in [-0.25, -0.2) is 0 Å². The molecule has 3 atom stereocenters. The van der Waals surface area contributed by atoms with Gasteiger partial charge in [-0.15, -0.1) is 0 Å². The molecule has 1 aromatic heterocycles. The molecule has 0 N–H and O–H groups in total. The Morgan fingerprint density at radius 3 is 1.07 bits per heavy atom. The van der Waals surface area contributed by atoms with E-state index in [1.807, 2.05) is 0 Å². The molecule has 3 aliphatic heterocycles. The summed E-state index contributed by atoms with van der Waals surface area (Å²) in [6.07, 6.45) is 11.4. The van der Waals surface area contributed by atoms with Crippen LogP contribution in [0.4, 0.5) is 17.8 Å². The van der Waals surface area contributed by atoms with E-state index < -0.39 is 0 Å². The molecule has 6 heteroatoms. The molecule has 0 amide bonds. The Morgan fingerprint density at radius 1 is 0.519 bits per heavy atom. The second kappa shape index (κ2) is 8.19. The quantitative estimate of drug-likeness (QED) is 0.799. The summed E-state index contributed by atoms with van der Waals surface area (Å²) < 4.78 is 0. The summed E-state index contributed by atoms with van der Waals surface area (Å²) in [5.74, 6) is 2.70. The predicted octanol–water partition coefficient (Wildman–Crippen LogP) is 4.01. The van der Waals surface area contributed by atoms with E-state index in [0.717, 1.165) is 37.5 Å². The van der Waals surface area contributed by atoms with Gasteiger partial charge in [0.15, 0.2) is 0 Å². The third kappa shape index (κ3) is 3.99. The number of aromatic nitrogens is 3. The first kappa shape index (κ1) is 18.8. The number of hydrogen-bond donors (Lipinski definition) is 0. The van der Waals surface area contributed by atoms with Crippen LogP contribution in [0.25, 0.3) is 0 Å². The van der Waals surface area contributed by atoms with Gasteiger partial charge in [0.2, 0.25) is 17.8 Å². The van der Waals surface area contributed by atoms with Gasteiger partial charge in [-0.2, -0.15) is 15.0 Å². The molecule has 3 fully saturated rings. The Bertz CT molecular complexity index is 537. The molecule has 3 saturated heterocycles. The minimum Gasteiger partial charge on any atom is -0.338 e. The highest BCUT2D eigenvalue weighted by atomic mass is 15.4. The van der Waals surface area contributed by atoms with Crippen molar-refractivity contribution in [2.75, 3.05) is 34.3 Å². The van der Waals surface area contributed by atoms with Gasteiger partial charge in [0.25, 0.3) is 0 Å². The Hall–Kier alpha value is -1.59. The third-order valence-corrected chi connectivity index (χ3v) is 6.78. The fraction of sp³-hybridized carbons (Fsp3) is 0.857. The van der Waals surface area contributed by atoms with Crippen molar-refractivity contribution in [1.29, 1.82) is 0 Å². The van der Waals surface area contributed by atoms with Crippen molar-refractivity contribution in [3.05, 3.63) is 0 Å². The molecule has 0 aromatic carbocycles. The number of nitrogens with zero attached hydrogens (tertiary/aromatic N) is 6. The molecule has 0 radical (unpaired) electrons. The topological polar surface area (TPSA) is 48.4 Å². The lowest BCUT2D eigenvalue weighted by Crippen LogP contribution is -2.43. The van der Waals surface area contributed by atoms with Gasteiger partial charge in [0, 0.05) is 37.8 Å². The summed E-state index contributed by atoms with van der Waals surface area (Å²) in [7, 11) is 0. The highest BCUT2D eigenvalue weighted by Crippen LogP contribution is 2.30. The Kier molecular flexibility index (Phi) is 5.69. The lowest BCUT2D eigenvalue weighted by molar-refractivity contribution is 0.458. The SMILES string of the molecule is C[C@@H]1CCCCN1c1nc(N2CCCC[C@H]2C)nc(N2CCCC[C@H]2C)n1. The van der Waals surface area contributed by atoms with Crippen molar-refractivity contribution in [2.24, 2.45) is 0 Å². The second-order valence-electron chi connectivity index (χ2n) is 8.85. The van der Waals surface area contributed by atoms with Crippen LogP contribution < -0.4 is 14.7 Å². The summed E-state index contributed by atoms with van der Waals surface area (Å²) in [5.41, 5.74) is 0. The van der Waals surface area contributed by atoms with E-state index in [1.165, 1.54) is 57.8 Å². The van der Waals surface area contributed by atoms with Crippen molar-refractivity contribution in [1.82, 2.24) is 15.0 Å². The molecular formula is C21H36N6. The van der Waals surface area contributed by atoms with Gasteiger partial charge < -0.3 is 14.7 Å². The van der Waals surface area contributed by atoms with Crippen LogP contribution in [0.3, 0.4) is 0 Å². The molecule has 4 rings (SSSR count). The average molecular weight is 373 g/mol. The normalized spacial score (nSPS) is 29.9. The lowest BCUT2D eigenvalue weighted by Gasteiger charge is -2.38. The maximum absolute atomic E-state index is 5.00. The van der Waals surface area contributed by atoms with E-state index in [-0.39, 0.29) is 0 Å². The summed E-state index contributed by atoms with van der Waals surface area (Å²) in [6, 6.07) is 1.54. The lowest BCUT2D eigenvalue weighted by atomic mass is 10.0. The van der Waals surface area contributed by atoms with Crippen LogP contribution in [-0.4, -0.2) is 52.7 Å². The van der Waals surface area contributed by atoms with E-state index in [9.17, 15) is 0 Å². The largest absolute Gasteiger partial charge is 0.338 e. The van der Waals surface area contributed by atoms with Crippen molar-refractivity contribution in [2.45, 2.75) is 96.7 Å². The molecule has 0 spiro atoms. The van der Waals surface area contributed by atoms with Gasteiger partial charge in [-0.3, -0.25) is 0 Å².